The lowest BCUT2D eigenvalue weighted by Gasteiger charge is -2.28. The van der Waals surface area contributed by atoms with Gasteiger partial charge in [-0.1, -0.05) is 18.2 Å². The molecule has 26 heavy (non-hydrogen) atoms. The second-order valence-electron chi connectivity index (χ2n) is 7.43. The van der Waals surface area contributed by atoms with Crippen molar-refractivity contribution >= 4 is 29.0 Å². The van der Waals surface area contributed by atoms with Crippen LogP contribution in [0.15, 0.2) is 51.7 Å². The molecule has 0 amide bonds. The Hall–Kier alpha value is -2.82. The molecule has 1 atom stereocenters. The molecule has 3 rings (SSSR count). The molecular weight excluding hydrogens is 332 g/mol. The summed E-state index contributed by atoms with van der Waals surface area (Å²) in [6.45, 7) is 8.85. The molecule has 136 valence electrons. The predicted octanol–water partition coefficient (Wildman–Crippen LogP) is 4.62. The Kier molecular flexibility index (Phi) is 4.48. The SMILES string of the molecule is CC1=C(c2cc3ccccc3o2)OC(C=O)C(C)=C1OC(=O)C(C)(C)C. The average molecular weight is 354 g/mol. The lowest BCUT2D eigenvalue weighted by atomic mass is 9.96. The second-order valence-corrected chi connectivity index (χ2v) is 7.43. The number of fused-ring (bicyclic) bond motifs is 1. The molecule has 2 aromatic rings. The zero-order chi connectivity index (χ0) is 19.1. The van der Waals surface area contributed by atoms with E-state index in [0.29, 0.717) is 40.3 Å². The van der Waals surface area contributed by atoms with Crippen molar-refractivity contribution in [2.75, 3.05) is 0 Å². The third kappa shape index (κ3) is 3.17. The zero-order valence-corrected chi connectivity index (χ0v) is 15.6. The first-order valence-corrected chi connectivity index (χ1v) is 8.47. The Bertz CT molecular complexity index is 904. The van der Waals surface area contributed by atoms with Crippen molar-refractivity contribution in [3.05, 3.63) is 53.0 Å². The van der Waals surface area contributed by atoms with Gasteiger partial charge in [0.1, 0.15) is 11.3 Å². The van der Waals surface area contributed by atoms with Crippen LogP contribution in [0.1, 0.15) is 40.4 Å². The number of ether oxygens (including phenoxy) is 2. The number of rotatable bonds is 3. The van der Waals surface area contributed by atoms with Crippen LogP contribution < -0.4 is 0 Å². The number of hydrogen-bond acceptors (Lipinski definition) is 5. The van der Waals surface area contributed by atoms with E-state index in [0.717, 1.165) is 5.39 Å². The van der Waals surface area contributed by atoms with E-state index >= 15 is 0 Å². The number of hydrogen-bond donors (Lipinski definition) is 0. The van der Waals surface area contributed by atoms with E-state index in [9.17, 15) is 9.59 Å². The molecule has 0 fully saturated rings. The van der Waals surface area contributed by atoms with Crippen LogP contribution in [0, 0.1) is 5.41 Å². The van der Waals surface area contributed by atoms with Crippen LogP contribution in [0.25, 0.3) is 16.7 Å². The van der Waals surface area contributed by atoms with Gasteiger partial charge < -0.3 is 13.9 Å². The first-order valence-electron chi connectivity index (χ1n) is 8.47. The van der Waals surface area contributed by atoms with Crippen LogP contribution in [-0.2, 0) is 19.1 Å². The van der Waals surface area contributed by atoms with E-state index in [1.807, 2.05) is 30.3 Å². The van der Waals surface area contributed by atoms with Crippen molar-refractivity contribution in [2.24, 2.45) is 5.41 Å². The number of benzene rings is 1. The summed E-state index contributed by atoms with van der Waals surface area (Å²) < 4.78 is 17.3. The minimum absolute atomic E-state index is 0.365. The summed E-state index contributed by atoms with van der Waals surface area (Å²) in [6.07, 6.45) is -0.139. The fraction of sp³-hybridized carbons (Fsp3) is 0.333. The molecule has 1 aliphatic rings. The fourth-order valence-corrected chi connectivity index (χ4v) is 2.70. The van der Waals surface area contributed by atoms with Gasteiger partial charge in [-0.05, 0) is 46.8 Å². The van der Waals surface area contributed by atoms with Gasteiger partial charge in [-0.25, -0.2) is 0 Å². The van der Waals surface area contributed by atoms with E-state index in [1.165, 1.54) is 0 Å². The maximum Gasteiger partial charge on any atom is 0.316 e. The quantitative estimate of drug-likeness (QED) is 0.594. The summed E-state index contributed by atoms with van der Waals surface area (Å²) in [5.74, 6) is 0.887. The predicted molar refractivity (Wildman–Crippen MR) is 98.0 cm³/mol. The van der Waals surface area contributed by atoms with Gasteiger partial charge in [0.25, 0.3) is 0 Å². The lowest BCUT2D eigenvalue weighted by Crippen LogP contribution is -2.28. The van der Waals surface area contributed by atoms with Crippen LogP contribution in [0.4, 0.5) is 0 Å². The molecule has 1 aliphatic heterocycles. The number of carbonyl (C=O) groups is 2. The van der Waals surface area contributed by atoms with Gasteiger partial charge in [-0.3, -0.25) is 9.59 Å². The summed E-state index contributed by atoms with van der Waals surface area (Å²) in [4.78, 5) is 23.9. The van der Waals surface area contributed by atoms with Gasteiger partial charge in [0.2, 0.25) is 0 Å². The van der Waals surface area contributed by atoms with Gasteiger partial charge in [-0.15, -0.1) is 0 Å². The van der Waals surface area contributed by atoms with Gasteiger partial charge in [-0.2, -0.15) is 0 Å². The summed E-state index contributed by atoms with van der Waals surface area (Å²) in [7, 11) is 0. The third-order valence-electron chi connectivity index (χ3n) is 4.29. The zero-order valence-electron chi connectivity index (χ0n) is 15.6. The summed E-state index contributed by atoms with van der Waals surface area (Å²) in [6, 6.07) is 9.43. The summed E-state index contributed by atoms with van der Waals surface area (Å²) in [5.41, 5.74) is 1.24. The maximum atomic E-state index is 12.4. The standard InChI is InChI=1S/C21H22O5/c1-12-17(11-22)25-19(13(2)18(12)26-20(23)21(3,4)5)16-10-14-8-6-7-9-15(14)24-16/h6-11,17H,1-5H3. The Morgan fingerprint density at radius 1 is 1.19 bits per heavy atom. The van der Waals surface area contributed by atoms with E-state index in [1.54, 1.807) is 34.6 Å². The highest BCUT2D eigenvalue weighted by Gasteiger charge is 2.33. The first kappa shape index (κ1) is 18.0. The molecule has 0 N–H and O–H groups in total. The van der Waals surface area contributed by atoms with Gasteiger partial charge in [0.05, 0.1) is 5.41 Å². The molecular formula is C21H22O5. The molecule has 1 unspecified atom stereocenters. The van der Waals surface area contributed by atoms with Crippen molar-refractivity contribution < 1.29 is 23.5 Å². The lowest BCUT2D eigenvalue weighted by molar-refractivity contribution is -0.148. The highest BCUT2D eigenvalue weighted by molar-refractivity contribution is 5.84. The van der Waals surface area contributed by atoms with Gasteiger partial charge in [0.15, 0.2) is 23.9 Å². The van der Waals surface area contributed by atoms with Crippen LogP contribution in [0.2, 0.25) is 0 Å². The highest BCUT2D eigenvalue weighted by Crippen LogP contribution is 2.37. The van der Waals surface area contributed by atoms with Crippen molar-refractivity contribution in [3.8, 4) is 0 Å². The topological polar surface area (TPSA) is 65.7 Å². The van der Waals surface area contributed by atoms with E-state index in [4.69, 9.17) is 13.9 Å². The molecule has 0 aliphatic carbocycles. The number of allylic oxidation sites excluding steroid dienone is 1. The van der Waals surface area contributed by atoms with E-state index < -0.39 is 11.5 Å². The monoisotopic (exact) mass is 354 g/mol. The Morgan fingerprint density at radius 3 is 2.50 bits per heavy atom. The van der Waals surface area contributed by atoms with Gasteiger partial charge in [0, 0.05) is 16.5 Å². The number of para-hydroxylation sites is 1. The van der Waals surface area contributed by atoms with Crippen LogP contribution in [-0.4, -0.2) is 18.4 Å². The van der Waals surface area contributed by atoms with Crippen LogP contribution in [0.3, 0.4) is 0 Å². The molecule has 5 nitrogen and oxygen atoms in total. The molecule has 0 saturated carbocycles. The maximum absolute atomic E-state index is 12.4. The van der Waals surface area contributed by atoms with Gasteiger partial charge >= 0.3 is 5.97 Å². The Labute approximate surface area is 152 Å². The second kappa shape index (κ2) is 6.48. The van der Waals surface area contributed by atoms with Crippen molar-refractivity contribution in [3.63, 3.8) is 0 Å². The molecule has 0 saturated heterocycles. The van der Waals surface area contributed by atoms with Crippen LogP contribution >= 0.6 is 0 Å². The molecule has 0 radical (unpaired) electrons. The molecule has 2 heterocycles. The van der Waals surface area contributed by atoms with Crippen molar-refractivity contribution in [1.82, 2.24) is 0 Å². The van der Waals surface area contributed by atoms with E-state index in [2.05, 4.69) is 0 Å². The Morgan fingerprint density at radius 2 is 1.88 bits per heavy atom. The molecule has 0 bridgehead atoms. The summed E-state index contributed by atoms with van der Waals surface area (Å²) >= 11 is 0. The molecule has 5 heteroatoms. The molecule has 1 aromatic carbocycles. The molecule has 0 spiro atoms. The third-order valence-corrected chi connectivity index (χ3v) is 4.29. The summed E-state index contributed by atoms with van der Waals surface area (Å²) in [5, 5.41) is 0.925. The normalized spacial score (nSPS) is 18.1. The van der Waals surface area contributed by atoms with E-state index in [-0.39, 0.29) is 5.97 Å². The van der Waals surface area contributed by atoms with Crippen molar-refractivity contribution in [1.29, 1.82) is 0 Å². The smallest absolute Gasteiger partial charge is 0.316 e. The highest BCUT2D eigenvalue weighted by atomic mass is 16.5. The minimum atomic E-state index is -0.829. The van der Waals surface area contributed by atoms with Crippen LogP contribution in [0.5, 0.6) is 0 Å². The van der Waals surface area contributed by atoms with Crippen molar-refractivity contribution in [2.45, 2.75) is 40.7 Å². The number of furan rings is 1. The number of carbonyl (C=O) groups excluding carboxylic acids is 2. The number of esters is 1. The average Bonchev–Trinajstić information content (AvgIpc) is 3.01. The fourth-order valence-electron chi connectivity index (χ4n) is 2.70. The first-order chi connectivity index (χ1) is 12.2. The number of aldehydes is 1. The minimum Gasteiger partial charge on any atom is -0.474 e. The molecule has 1 aromatic heterocycles. The largest absolute Gasteiger partial charge is 0.474 e. The Balaban J connectivity index is 2.09.